The quantitative estimate of drug-likeness (QED) is 0.594. The van der Waals surface area contributed by atoms with Crippen LogP contribution >= 0.6 is 0 Å². The van der Waals surface area contributed by atoms with E-state index in [1.807, 2.05) is 0 Å². The Labute approximate surface area is 84.1 Å². The summed E-state index contributed by atoms with van der Waals surface area (Å²) in [6.45, 7) is 9.68. The van der Waals surface area contributed by atoms with E-state index in [4.69, 9.17) is 0 Å². The van der Waals surface area contributed by atoms with Gasteiger partial charge in [-0.25, -0.2) is 0 Å². The van der Waals surface area contributed by atoms with Crippen LogP contribution in [0.15, 0.2) is 0 Å². The van der Waals surface area contributed by atoms with Crippen molar-refractivity contribution < 1.29 is 0 Å². The van der Waals surface area contributed by atoms with Gasteiger partial charge in [0.05, 0.1) is 0 Å². The number of hydrogen-bond donors (Lipinski definition) is 0. The van der Waals surface area contributed by atoms with Crippen LogP contribution in [-0.2, 0) is 0 Å². The lowest BCUT2D eigenvalue weighted by atomic mass is 9.66. The first-order valence-electron chi connectivity index (χ1n) is 6.11. The molecule has 13 heavy (non-hydrogen) atoms. The van der Waals surface area contributed by atoms with Crippen molar-refractivity contribution in [3.05, 3.63) is 0 Å². The molecule has 0 aromatic carbocycles. The molecule has 0 spiro atoms. The summed E-state index contributed by atoms with van der Waals surface area (Å²) in [7, 11) is 0. The van der Waals surface area contributed by atoms with Gasteiger partial charge in [-0.3, -0.25) is 0 Å². The number of rotatable bonds is 4. The normalized spacial score (nSPS) is 23.8. The predicted octanol–water partition coefficient (Wildman–Crippen LogP) is 4.64. The van der Waals surface area contributed by atoms with Crippen molar-refractivity contribution in [3.8, 4) is 0 Å². The minimum absolute atomic E-state index is 0.630. The molecule has 0 aliphatic heterocycles. The van der Waals surface area contributed by atoms with Crippen LogP contribution in [0.25, 0.3) is 0 Å². The van der Waals surface area contributed by atoms with E-state index in [0.717, 1.165) is 11.8 Å². The predicted molar refractivity (Wildman–Crippen MR) is 59.8 cm³/mol. The Bertz CT molecular complexity index is 142. The van der Waals surface area contributed by atoms with Gasteiger partial charge in [-0.2, -0.15) is 0 Å². The monoisotopic (exact) mass is 182 g/mol. The first-order chi connectivity index (χ1) is 6.11. The summed E-state index contributed by atoms with van der Waals surface area (Å²) in [5.74, 6) is 1.88. The molecular formula is C13H26. The maximum absolute atomic E-state index is 2.52. The van der Waals surface area contributed by atoms with Crippen LogP contribution in [0.5, 0.6) is 0 Å². The van der Waals surface area contributed by atoms with Gasteiger partial charge in [-0.15, -0.1) is 0 Å². The molecule has 1 fully saturated rings. The highest BCUT2D eigenvalue weighted by molar-refractivity contribution is 4.87. The summed E-state index contributed by atoms with van der Waals surface area (Å²) in [5.41, 5.74) is 0.630. The second-order valence-corrected chi connectivity index (χ2v) is 5.39. The average Bonchev–Trinajstić information content (AvgIpc) is 2.56. The maximum atomic E-state index is 2.52. The fourth-order valence-electron chi connectivity index (χ4n) is 3.09. The molecule has 0 nitrogen and oxygen atoms in total. The maximum Gasteiger partial charge on any atom is -0.0275 e. The zero-order valence-electron chi connectivity index (χ0n) is 9.90. The number of hydrogen-bond acceptors (Lipinski definition) is 0. The Balaban J connectivity index is 2.64. The van der Waals surface area contributed by atoms with Gasteiger partial charge in [0.25, 0.3) is 0 Å². The molecule has 0 radical (unpaired) electrons. The van der Waals surface area contributed by atoms with Gasteiger partial charge in [0.1, 0.15) is 0 Å². The van der Waals surface area contributed by atoms with Crippen LogP contribution in [0, 0.1) is 17.3 Å². The van der Waals surface area contributed by atoms with Gasteiger partial charge in [-0.1, -0.05) is 47.0 Å². The molecule has 1 atom stereocenters. The summed E-state index contributed by atoms with van der Waals surface area (Å²) in [6, 6.07) is 0. The van der Waals surface area contributed by atoms with Crippen molar-refractivity contribution in [2.45, 2.75) is 66.2 Å². The molecule has 0 amide bonds. The smallest absolute Gasteiger partial charge is 0.0275 e. The third kappa shape index (κ3) is 2.27. The largest absolute Gasteiger partial charge is 0.0654 e. The molecule has 1 rings (SSSR count). The van der Waals surface area contributed by atoms with E-state index in [1.165, 1.54) is 38.5 Å². The molecule has 1 aliphatic rings. The summed E-state index contributed by atoms with van der Waals surface area (Å²) in [5, 5.41) is 0. The van der Waals surface area contributed by atoms with Gasteiger partial charge in [-0.05, 0) is 36.5 Å². The van der Waals surface area contributed by atoms with Gasteiger partial charge >= 0.3 is 0 Å². The van der Waals surface area contributed by atoms with Crippen LogP contribution in [0.1, 0.15) is 66.2 Å². The topological polar surface area (TPSA) is 0 Å². The van der Waals surface area contributed by atoms with Gasteiger partial charge < -0.3 is 0 Å². The lowest BCUT2D eigenvalue weighted by Crippen LogP contribution is -2.31. The Morgan fingerprint density at radius 2 is 1.77 bits per heavy atom. The fourth-order valence-corrected chi connectivity index (χ4v) is 3.09. The van der Waals surface area contributed by atoms with E-state index in [0.29, 0.717) is 5.41 Å². The molecule has 0 N–H and O–H groups in total. The molecule has 1 saturated carbocycles. The zero-order valence-corrected chi connectivity index (χ0v) is 9.90. The van der Waals surface area contributed by atoms with E-state index in [-0.39, 0.29) is 0 Å². The minimum atomic E-state index is 0.630. The van der Waals surface area contributed by atoms with Gasteiger partial charge in [0, 0.05) is 0 Å². The minimum Gasteiger partial charge on any atom is -0.0654 e. The van der Waals surface area contributed by atoms with Crippen LogP contribution < -0.4 is 0 Å². The lowest BCUT2D eigenvalue weighted by Gasteiger charge is -2.39. The van der Waals surface area contributed by atoms with E-state index in [1.54, 1.807) is 0 Å². The SMILES string of the molecule is CCCC(C)(C(C)C)C1CCCC1. The highest BCUT2D eigenvalue weighted by Crippen LogP contribution is 2.47. The van der Waals surface area contributed by atoms with E-state index in [9.17, 15) is 0 Å². The third-order valence-electron chi connectivity index (χ3n) is 4.40. The fraction of sp³-hybridized carbons (Fsp3) is 1.00. The highest BCUT2D eigenvalue weighted by Gasteiger charge is 2.37. The van der Waals surface area contributed by atoms with Crippen LogP contribution in [0.2, 0.25) is 0 Å². The molecule has 0 aromatic heterocycles. The molecule has 1 aliphatic carbocycles. The van der Waals surface area contributed by atoms with E-state index < -0.39 is 0 Å². The molecule has 1 unspecified atom stereocenters. The van der Waals surface area contributed by atoms with Crippen molar-refractivity contribution in [2.75, 3.05) is 0 Å². The van der Waals surface area contributed by atoms with Crippen LogP contribution in [0.4, 0.5) is 0 Å². The Morgan fingerprint density at radius 3 is 2.15 bits per heavy atom. The van der Waals surface area contributed by atoms with E-state index >= 15 is 0 Å². The van der Waals surface area contributed by atoms with Crippen LogP contribution in [0.3, 0.4) is 0 Å². The molecule has 0 bridgehead atoms. The Hall–Kier alpha value is 0. The zero-order chi connectivity index (χ0) is 9.90. The molecule has 0 heteroatoms. The molecule has 0 heterocycles. The highest BCUT2D eigenvalue weighted by atomic mass is 14.4. The van der Waals surface area contributed by atoms with Crippen molar-refractivity contribution in [1.29, 1.82) is 0 Å². The van der Waals surface area contributed by atoms with Crippen LogP contribution in [-0.4, -0.2) is 0 Å². The molecule has 0 aromatic rings. The Morgan fingerprint density at radius 1 is 1.23 bits per heavy atom. The first-order valence-corrected chi connectivity index (χ1v) is 6.11. The molecule has 0 saturated heterocycles. The summed E-state index contributed by atoms with van der Waals surface area (Å²) < 4.78 is 0. The standard InChI is InChI=1S/C13H26/c1-5-10-13(4,11(2)3)12-8-6-7-9-12/h11-12H,5-10H2,1-4H3. The second-order valence-electron chi connectivity index (χ2n) is 5.39. The summed E-state index contributed by atoms with van der Waals surface area (Å²) >= 11 is 0. The van der Waals surface area contributed by atoms with Crippen molar-refractivity contribution in [1.82, 2.24) is 0 Å². The van der Waals surface area contributed by atoms with Crippen molar-refractivity contribution >= 4 is 0 Å². The van der Waals surface area contributed by atoms with Crippen molar-refractivity contribution in [2.24, 2.45) is 17.3 Å². The Kier molecular flexibility index (Phi) is 3.82. The summed E-state index contributed by atoms with van der Waals surface area (Å²) in [4.78, 5) is 0. The third-order valence-corrected chi connectivity index (χ3v) is 4.40. The first kappa shape index (κ1) is 11.1. The summed E-state index contributed by atoms with van der Waals surface area (Å²) in [6.07, 6.45) is 8.73. The average molecular weight is 182 g/mol. The van der Waals surface area contributed by atoms with E-state index in [2.05, 4.69) is 27.7 Å². The van der Waals surface area contributed by atoms with Gasteiger partial charge in [0.2, 0.25) is 0 Å². The van der Waals surface area contributed by atoms with Gasteiger partial charge in [0.15, 0.2) is 0 Å². The molecule has 78 valence electrons. The second kappa shape index (κ2) is 4.48. The lowest BCUT2D eigenvalue weighted by molar-refractivity contribution is 0.102. The van der Waals surface area contributed by atoms with Crippen molar-refractivity contribution in [3.63, 3.8) is 0 Å². The molecular weight excluding hydrogens is 156 g/mol.